The molecule has 2 rings (SSSR count). The molecular formula is C15H18BrNO3. The zero-order chi connectivity index (χ0) is 14.7. The number of ether oxygens (including phenoxy) is 1. The van der Waals surface area contributed by atoms with Crippen molar-refractivity contribution in [3.63, 3.8) is 0 Å². The van der Waals surface area contributed by atoms with Crippen LogP contribution in [0.25, 0.3) is 0 Å². The Hall–Kier alpha value is -1.36. The van der Waals surface area contributed by atoms with Gasteiger partial charge in [-0.25, -0.2) is 0 Å². The summed E-state index contributed by atoms with van der Waals surface area (Å²) >= 11 is 3.42. The summed E-state index contributed by atoms with van der Waals surface area (Å²) in [6.07, 6.45) is 1.61. The molecule has 0 radical (unpaired) electrons. The van der Waals surface area contributed by atoms with Crippen molar-refractivity contribution in [2.45, 2.75) is 19.8 Å². The van der Waals surface area contributed by atoms with Crippen molar-refractivity contribution in [2.24, 2.45) is 5.92 Å². The van der Waals surface area contributed by atoms with E-state index in [0.29, 0.717) is 18.7 Å². The smallest absolute Gasteiger partial charge is 0.310 e. The molecule has 1 fully saturated rings. The van der Waals surface area contributed by atoms with Crippen LogP contribution < -0.4 is 0 Å². The molecule has 1 heterocycles. The summed E-state index contributed by atoms with van der Waals surface area (Å²) in [7, 11) is 1.39. The summed E-state index contributed by atoms with van der Waals surface area (Å²) in [4.78, 5) is 25.9. The van der Waals surface area contributed by atoms with Gasteiger partial charge in [-0.05, 0) is 47.8 Å². The topological polar surface area (TPSA) is 46.6 Å². The summed E-state index contributed by atoms with van der Waals surface area (Å²) in [5, 5.41) is 0. The fourth-order valence-electron chi connectivity index (χ4n) is 2.49. The molecule has 0 saturated carbocycles. The van der Waals surface area contributed by atoms with Gasteiger partial charge in [0.05, 0.1) is 18.6 Å². The van der Waals surface area contributed by atoms with Crippen LogP contribution in [0.3, 0.4) is 0 Å². The molecule has 1 aliphatic heterocycles. The quantitative estimate of drug-likeness (QED) is 0.778. The largest absolute Gasteiger partial charge is 0.469 e. The molecule has 1 atom stereocenters. The van der Waals surface area contributed by atoms with E-state index in [0.717, 1.165) is 22.9 Å². The number of amides is 1. The average Bonchev–Trinajstić information content (AvgIpc) is 2.48. The Morgan fingerprint density at radius 1 is 1.40 bits per heavy atom. The number of nitrogens with zero attached hydrogens (tertiary/aromatic N) is 1. The summed E-state index contributed by atoms with van der Waals surface area (Å²) in [6.45, 7) is 3.08. The second-order valence-electron chi connectivity index (χ2n) is 5.10. The SMILES string of the molecule is COC(=O)[C@H]1CCCN(C(=O)c2cc(C)ccc2Br)C1. The van der Waals surface area contributed by atoms with Gasteiger partial charge in [0.2, 0.25) is 0 Å². The van der Waals surface area contributed by atoms with Gasteiger partial charge in [0.15, 0.2) is 0 Å². The van der Waals surface area contributed by atoms with Crippen LogP contribution >= 0.6 is 15.9 Å². The average molecular weight is 340 g/mol. The molecule has 1 saturated heterocycles. The number of halogens is 1. The van der Waals surface area contributed by atoms with Crippen molar-refractivity contribution >= 4 is 27.8 Å². The molecule has 0 N–H and O–H groups in total. The van der Waals surface area contributed by atoms with Crippen LogP contribution in [-0.2, 0) is 9.53 Å². The number of methoxy groups -OCH3 is 1. The number of rotatable bonds is 2. The van der Waals surface area contributed by atoms with Crippen LogP contribution in [0, 0.1) is 12.8 Å². The van der Waals surface area contributed by atoms with Gasteiger partial charge in [-0.15, -0.1) is 0 Å². The van der Waals surface area contributed by atoms with Crippen molar-refractivity contribution in [1.82, 2.24) is 4.90 Å². The summed E-state index contributed by atoms with van der Waals surface area (Å²) < 4.78 is 5.57. The summed E-state index contributed by atoms with van der Waals surface area (Å²) in [5.41, 5.74) is 1.69. The van der Waals surface area contributed by atoms with Gasteiger partial charge in [0.1, 0.15) is 0 Å². The minimum atomic E-state index is -0.231. The van der Waals surface area contributed by atoms with Crippen LogP contribution in [0.2, 0.25) is 0 Å². The molecule has 1 aromatic rings. The molecule has 0 unspecified atom stereocenters. The summed E-state index contributed by atoms with van der Waals surface area (Å²) in [6, 6.07) is 5.70. The second kappa shape index (κ2) is 6.39. The van der Waals surface area contributed by atoms with Crippen molar-refractivity contribution in [1.29, 1.82) is 0 Å². The van der Waals surface area contributed by atoms with Gasteiger partial charge >= 0.3 is 5.97 Å². The second-order valence-corrected chi connectivity index (χ2v) is 5.95. The fourth-order valence-corrected chi connectivity index (χ4v) is 2.91. The number of hydrogen-bond donors (Lipinski definition) is 0. The van der Waals surface area contributed by atoms with Crippen molar-refractivity contribution in [2.75, 3.05) is 20.2 Å². The Morgan fingerprint density at radius 3 is 2.85 bits per heavy atom. The number of aryl methyl sites for hydroxylation is 1. The van der Waals surface area contributed by atoms with Crippen molar-refractivity contribution in [3.8, 4) is 0 Å². The van der Waals surface area contributed by atoms with E-state index in [9.17, 15) is 9.59 Å². The maximum atomic E-state index is 12.6. The van der Waals surface area contributed by atoms with E-state index >= 15 is 0 Å². The highest BCUT2D eigenvalue weighted by Gasteiger charge is 2.30. The van der Waals surface area contributed by atoms with Crippen molar-refractivity contribution in [3.05, 3.63) is 33.8 Å². The number of esters is 1. The highest BCUT2D eigenvalue weighted by molar-refractivity contribution is 9.10. The number of piperidine rings is 1. The number of carbonyl (C=O) groups is 2. The fraction of sp³-hybridized carbons (Fsp3) is 0.467. The highest BCUT2D eigenvalue weighted by atomic mass is 79.9. The normalized spacial score (nSPS) is 18.8. The van der Waals surface area contributed by atoms with E-state index in [2.05, 4.69) is 15.9 Å². The Balaban J connectivity index is 2.16. The van der Waals surface area contributed by atoms with Crippen molar-refractivity contribution < 1.29 is 14.3 Å². The van der Waals surface area contributed by atoms with Crippen LogP contribution in [0.15, 0.2) is 22.7 Å². The van der Waals surface area contributed by atoms with Crippen LogP contribution in [0.4, 0.5) is 0 Å². The van der Waals surface area contributed by atoms with Gasteiger partial charge < -0.3 is 9.64 Å². The lowest BCUT2D eigenvalue weighted by Gasteiger charge is -2.31. The molecule has 108 valence electrons. The molecule has 1 aliphatic rings. The van der Waals surface area contributed by atoms with Crippen LogP contribution in [0.1, 0.15) is 28.8 Å². The van der Waals surface area contributed by atoms with Crippen LogP contribution in [0.5, 0.6) is 0 Å². The number of carbonyl (C=O) groups excluding carboxylic acids is 2. The Kier molecular flexibility index (Phi) is 4.81. The number of likely N-dealkylation sites (tertiary alicyclic amines) is 1. The first-order valence-corrected chi connectivity index (χ1v) is 7.45. The maximum absolute atomic E-state index is 12.6. The van der Waals surface area contributed by atoms with Gasteiger partial charge in [0.25, 0.3) is 5.91 Å². The molecular weight excluding hydrogens is 322 g/mol. The van der Waals surface area contributed by atoms with Gasteiger partial charge in [-0.2, -0.15) is 0 Å². The third-order valence-corrected chi connectivity index (χ3v) is 4.29. The standard InChI is InChI=1S/C15H18BrNO3/c1-10-5-6-13(16)12(8-10)14(18)17-7-3-4-11(9-17)15(19)20-2/h5-6,8,11H,3-4,7,9H2,1-2H3/t11-/m0/s1. The molecule has 1 aromatic carbocycles. The molecule has 1 amide bonds. The first-order chi connectivity index (χ1) is 9.52. The Labute approximate surface area is 127 Å². The lowest BCUT2D eigenvalue weighted by Crippen LogP contribution is -2.42. The Bertz CT molecular complexity index is 530. The minimum absolute atomic E-state index is 0.0332. The van der Waals surface area contributed by atoms with Gasteiger partial charge in [-0.3, -0.25) is 9.59 Å². The maximum Gasteiger partial charge on any atom is 0.310 e. The van der Waals surface area contributed by atoms with E-state index in [4.69, 9.17) is 4.74 Å². The lowest BCUT2D eigenvalue weighted by molar-refractivity contribution is -0.146. The molecule has 0 bridgehead atoms. The number of hydrogen-bond acceptors (Lipinski definition) is 3. The van der Waals surface area contributed by atoms with E-state index in [1.54, 1.807) is 4.90 Å². The zero-order valence-electron chi connectivity index (χ0n) is 11.7. The minimum Gasteiger partial charge on any atom is -0.469 e. The van der Waals surface area contributed by atoms with E-state index in [1.807, 2.05) is 25.1 Å². The molecule has 0 spiro atoms. The van der Waals surface area contributed by atoms with Gasteiger partial charge in [0, 0.05) is 17.6 Å². The lowest BCUT2D eigenvalue weighted by atomic mass is 9.97. The first-order valence-electron chi connectivity index (χ1n) is 6.66. The third-order valence-electron chi connectivity index (χ3n) is 3.60. The molecule has 4 nitrogen and oxygen atoms in total. The monoisotopic (exact) mass is 339 g/mol. The van der Waals surface area contributed by atoms with E-state index in [-0.39, 0.29) is 17.8 Å². The van der Waals surface area contributed by atoms with Crippen LogP contribution in [-0.4, -0.2) is 37.0 Å². The number of benzene rings is 1. The predicted octanol–water partition coefficient (Wildman–Crippen LogP) is 2.78. The molecule has 0 aliphatic carbocycles. The highest BCUT2D eigenvalue weighted by Crippen LogP contribution is 2.24. The first kappa shape index (κ1) is 15.0. The van der Waals surface area contributed by atoms with E-state index < -0.39 is 0 Å². The van der Waals surface area contributed by atoms with Gasteiger partial charge in [-0.1, -0.05) is 11.6 Å². The third kappa shape index (κ3) is 3.20. The predicted molar refractivity (Wildman–Crippen MR) is 79.5 cm³/mol. The molecule has 5 heteroatoms. The summed E-state index contributed by atoms with van der Waals surface area (Å²) in [5.74, 6) is -0.471. The Morgan fingerprint density at radius 2 is 2.15 bits per heavy atom. The molecule has 0 aromatic heterocycles. The van der Waals surface area contributed by atoms with E-state index in [1.165, 1.54) is 7.11 Å². The molecule has 20 heavy (non-hydrogen) atoms. The zero-order valence-corrected chi connectivity index (χ0v) is 13.3.